The number of rotatable bonds is 9. The van der Waals surface area contributed by atoms with Crippen LogP contribution in [0.5, 0.6) is 0 Å². The third kappa shape index (κ3) is 7.56. The minimum Gasteiger partial charge on any atom is -0.310 e. The van der Waals surface area contributed by atoms with Crippen molar-refractivity contribution >= 4 is 54.6 Å². The van der Waals surface area contributed by atoms with Crippen LogP contribution in [0.2, 0.25) is 0 Å². The Hall–Kier alpha value is -8.77. The van der Waals surface area contributed by atoms with Gasteiger partial charge in [0.05, 0.1) is 5.52 Å². The summed E-state index contributed by atoms with van der Waals surface area (Å²) in [7, 11) is 0. The first-order valence-electron chi connectivity index (χ1n) is 23.2. The highest BCUT2D eigenvalue weighted by molar-refractivity contribution is 7.26. The Kier molecular flexibility index (Phi) is 10.7. The Bertz CT molecular complexity index is 3890. The van der Waals surface area contributed by atoms with E-state index in [1.165, 1.54) is 25.6 Å². The number of nitrogens with zero attached hydrogens (tertiary/aromatic N) is 4. The van der Waals surface area contributed by atoms with Gasteiger partial charge in [0.15, 0.2) is 17.5 Å². The average molecular weight is 901 g/mol. The molecule has 3 aromatic heterocycles. The summed E-state index contributed by atoms with van der Waals surface area (Å²) in [5, 5.41) is 5.96. The van der Waals surface area contributed by atoms with E-state index in [9.17, 15) is 0 Å². The molecule has 69 heavy (non-hydrogen) atoms. The second-order valence-corrected chi connectivity index (χ2v) is 18.2. The zero-order valence-electron chi connectivity index (χ0n) is 37.9. The summed E-state index contributed by atoms with van der Waals surface area (Å²) in [6, 6.07) is 77.4. The highest BCUT2D eigenvalue weighted by Gasteiger charge is 2.22. The molecule has 0 aliphatic heterocycles. The van der Waals surface area contributed by atoms with Gasteiger partial charge in [0.25, 0.3) is 0 Å². The molecule has 0 bridgehead atoms. The molecule has 0 unspecified atom stereocenters. The summed E-state index contributed by atoms with van der Waals surface area (Å²) in [5.41, 5.74) is 14.0. The highest BCUT2D eigenvalue weighted by atomic mass is 32.1. The van der Waals surface area contributed by atoms with E-state index in [0.29, 0.717) is 17.5 Å². The standard InChI is InChI=1S/C64H44N4S/c1-3-21-53-56(4-2)68(50-30-18-9-19-31-50)57-36-37-58-60(59(53)57)54-33-20-32-52(61(54)69-58)51-35-34-46(49-39-47(42-22-10-5-11-23-42)38-48(40-49)43-24-12-6-13-25-43)41-55(51)64-66-62(44-26-14-7-15-27-44)65-63(67-64)45-28-16-8-17-29-45/h3-41H,1H2,2H3/b53-21+,56-4+. The lowest BCUT2D eigenvalue weighted by Crippen LogP contribution is -2.27. The summed E-state index contributed by atoms with van der Waals surface area (Å²) in [5.74, 6) is 1.84. The van der Waals surface area contributed by atoms with E-state index in [0.717, 1.165) is 83.0 Å². The predicted molar refractivity (Wildman–Crippen MR) is 292 cm³/mol. The first-order valence-corrected chi connectivity index (χ1v) is 24.1. The maximum Gasteiger partial charge on any atom is 0.164 e. The number of hydrogen-bond donors (Lipinski definition) is 0. The highest BCUT2D eigenvalue weighted by Crippen LogP contribution is 2.46. The quantitative estimate of drug-likeness (QED) is 0.145. The third-order valence-corrected chi connectivity index (χ3v) is 14.2. The average Bonchev–Trinajstić information content (AvgIpc) is 3.97. The van der Waals surface area contributed by atoms with Crippen molar-refractivity contribution in [1.29, 1.82) is 0 Å². The van der Waals surface area contributed by atoms with Gasteiger partial charge < -0.3 is 4.57 Å². The molecule has 0 N–H and O–H groups in total. The monoisotopic (exact) mass is 900 g/mol. The zero-order chi connectivity index (χ0) is 46.3. The van der Waals surface area contributed by atoms with Crippen molar-refractivity contribution in [3.05, 3.63) is 242 Å². The molecular weight excluding hydrogens is 857 g/mol. The van der Waals surface area contributed by atoms with Crippen molar-refractivity contribution in [3.63, 3.8) is 0 Å². The number of allylic oxidation sites excluding steroid dienone is 1. The zero-order valence-corrected chi connectivity index (χ0v) is 38.7. The number of hydrogen-bond acceptors (Lipinski definition) is 4. The summed E-state index contributed by atoms with van der Waals surface area (Å²) in [6.07, 6.45) is 6.28. The molecule has 0 saturated heterocycles. The maximum atomic E-state index is 5.36. The lowest BCUT2D eigenvalue weighted by molar-refractivity contribution is 1.07. The van der Waals surface area contributed by atoms with Crippen LogP contribution in [0.3, 0.4) is 0 Å². The van der Waals surface area contributed by atoms with Gasteiger partial charge in [-0.3, -0.25) is 0 Å². The van der Waals surface area contributed by atoms with Crippen LogP contribution in [0, 0.1) is 0 Å². The SMILES string of the molecule is C=C/C=c1\c(=C/C)n(-c2ccccc2)c2ccc3sc4c(-c5ccc(-c6cc(-c7ccccc7)cc(-c7ccccc7)c6)cc5-c5nc(-c6ccccc6)nc(-c6ccccc6)n5)cccc4c3c12. The van der Waals surface area contributed by atoms with Crippen LogP contribution in [0.15, 0.2) is 231 Å². The summed E-state index contributed by atoms with van der Waals surface area (Å²) >= 11 is 1.83. The predicted octanol–water partition coefficient (Wildman–Crippen LogP) is 15.6. The molecule has 5 heteroatoms. The fourth-order valence-electron chi connectivity index (χ4n) is 9.82. The Labute approximate surface area is 404 Å². The first-order chi connectivity index (χ1) is 34.1. The summed E-state index contributed by atoms with van der Waals surface area (Å²) in [6.45, 7) is 6.29. The van der Waals surface area contributed by atoms with E-state index in [4.69, 9.17) is 15.0 Å². The van der Waals surface area contributed by atoms with Crippen LogP contribution in [-0.2, 0) is 0 Å². The molecule has 4 nitrogen and oxygen atoms in total. The molecule has 0 aliphatic rings. The third-order valence-electron chi connectivity index (χ3n) is 13.0. The molecule has 326 valence electrons. The van der Waals surface area contributed by atoms with Gasteiger partial charge in [0.2, 0.25) is 0 Å². The van der Waals surface area contributed by atoms with Crippen LogP contribution < -0.4 is 10.6 Å². The molecule has 0 atom stereocenters. The van der Waals surface area contributed by atoms with Crippen LogP contribution in [0.25, 0.3) is 128 Å². The fourth-order valence-corrected chi connectivity index (χ4v) is 11.1. The molecule has 0 fully saturated rings. The number of thiophene rings is 1. The van der Waals surface area contributed by atoms with Crippen LogP contribution in [0.4, 0.5) is 0 Å². The molecule has 0 amide bonds. The number of fused-ring (bicyclic) bond motifs is 5. The molecule has 0 aliphatic carbocycles. The molecule has 9 aromatic carbocycles. The number of aromatic nitrogens is 4. The Morgan fingerprint density at radius 2 is 0.971 bits per heavy atom. The fraction of sp³-hybridized carbons (Fsp3) is 0.0156. The van der Waals surface area contributed by atoms with E-state index in [2.05, 4.69) is 212 Å². The smallest absolute Gasteiger partial charge is 0.164 e. The number of benzene rings is 9. The second kappa shape index (κ2) is 17.8. The molecule has 0 saturated carbocycles. The Morgan fingerprint density at radius 3 is 1.54 bits per heavy atom. The van der Waals surface area contributed by atoms with Crippen molar-refractivity contribution in [2.75, 3.05) is 0 Å². The van der Waals surface area contributed by atoms with Crippen LogP contribution in [0.1, 0.15) is 6.92 Å². The van der Waals surface area contributed by atoms with Crippen LogP contribution in [-0.4, -0.2) is 19.5 Å². The van der Waals surface area contributed by atoms with E-state index in [-0.39, 0.29) is 0 Å². The number of para-hydroxylation sites is 1. The van der Waals surface area contributed by atoms with Gasteiger partial charge in [-0.05, 0) is 94.4 Å². The molecule has 3 heterocycles. The minimum absolute atomic E-state index is 0.605. The van der Waals surface area contributed by atoms with Gasteiger partial charge in [0.1, 0.15) is 0 Å². The van der Waals surface area contributed by atoms with Crippen molar-refractivity contribution in [2.24, 2.45) is 0 Å². The largest absolute Gasteiger partial charge is 0.310 e. The molecule has 0 radical (unpaired) electrons. The van der Waals surface area contributed by atoms with E-state index >= 15 is 0 Å². The first kappa shape index (κ1) is 41.6. The van der Waals surface area contributed by atoms with E-state index < -0.39 is 0 Å². The lowest BCUT2D eigenvalue weighted by atomic mass is 9.90. The van der Waals surface area contributed by atoms with Gasteiger partial charge >= 0.3 is 0 Å². The summed E-state index contributed by atoms with van der Waals surface area (Å²) in [4.78, 5) is 15.8. The Balaban J connectivity index is 1.14. The lowest BCUT2D eigenvalue weighted by Gasteiger charge is -2.16. The normalized spacial score (nSPS) is 12.1. The molecular formula is C64H44N4S. The van der Waals surface area contributed by atoms with E-state index in [1.54, 1.807) is 0 Å². The van der Waals surface area contributed by atoms with Crippen molar-refractivity contribution < 1.29 is 0 Å². The van der Waals surface area contributed by atoms with Crippen molar-refractivity contribution in [2.45, 2.75) is 6.92 Å². The topological polar surface area (TPSA) is 43.6 Å². The van der Waals surface area contributed by atoms with Crippen molar-refractivity contribution in [3.8, 4) is 84.4 Å². The minimum atomic E-state index is 0.605. The van der Waals surface area contributed by atoms with Crippen molar-refractivity contribution in [1.82, 2.24) is 19.5 Å². The van der Waals surface area contributed by atoms with Gasteiger partial charge in [-0.2, -0.15) is 0 Å². The Morgan fingerprint density at radius 1 is 0.435 bits per heavy atom. The van der Waals surface area contributed by atoms with Gasteiger partial charge in [-0.25, -0.2) is 15.0 Å². The maximum absolute atomic E-state index is 5.36. The molecule has 12 aromatic rings. The van der Waals surface area contributed by atoms with Gasteiger partial charge in [0, 0.05) is 64.1 Å². The molecule has 12 rings (SSSR count). The van der Waals surface area contributed by atoms with E-state index in [1.807, 2.05) is 53.8 Å². The van der Waals surface area contributed by atoms with Crippen LogP contribution >= 0.6 is 11.3 Å². The van der Waals surface area contributed by atoms with Gasteiger partial charge in [-0.15, -0.1) is 11.3 Å². The van der Waals surface area contributed by atoms with Gasteiger partial charge in [-0.1, -0.05) is 195 Å². The summed E-state index contributed by atoms with van der Waals surface area (Å²) < 4.78 is 4.80. The second-order valence-electron chi connectivity index (χ2n) is 17.1. The molecule has 0 spiro atoms.